The first-order chi connectivity index (χ1) is 10.8. The van der Waals surface area contributed by atoms with Crippen molar-refractivity contribution in [2.24, 2.45) is 0 Å². The van der Waals surface area contributed by atoms with Crippen LogP contribution in [0.1, 0.15) is 18.9 Å². The van der Waals surface area contributed by atoms with Gasteiger partial charge < -0.3 is 4.74 Å². The molecule has 23 heavy (non-hydrogen) atoms. The van der Waals surface area contributed by atoms with Gasteiger partial charge in [-0.2, -0.15) is 8.42 Å². The fraction of sp³-hybridized carbons (Fsp3) is 0.312. The van der Waals surface area contributed by atoms with E-state index in [0.29, 0.717) is 6.42 Å². The van der Waals surface area contributed by atoms with Crippen LogP contribution in [-0.2, 0) is 26.1 Å². The van der Waals surface area contributed by atoms with Crippen molar-refractivity contribution >= 4 is 26.9 Å². The molecule has 0 saturated carbocycles. The van der Waals surface area contributed by atoms with Crippen molar-refractivity contribution < 1.29 is 26.9 Å². The van der Waals surface area contributed by atoms with Crippen molar-refractivity contribution in [2.45, 2.75) is 24.8 Å². The highest BCUT2D eigenvalue weighted by Gasteiger charge is 2.51. The Labute approximate surface area is 133 Å². The fourth-order valence-corrected chi connectivity index (χ4v) is 2.94. The first kappa shape index (κ1) is 17.4. The Morgan fingerprint density at radius 1 is 1.22 bits per heavy atom. The van der Waals surface area contributed by atoms with E-state index in [-0.39, 0.29) is 6.61 Å². The Morgan fingerprint density at radius 3 is 2.52 bits per heavy atom. The van der Waals surface area contributed by atoms with E-state index in [1.165, 1.54) is 0 Å². The third kappa shape index (κ3) is 3.51. The largest absolute Gasteiger partial charge is 0.462 e. The molecule has 0 aliphatic heterocycles. The van der Waals surface area contributed by atoms with Gasteiger partial charge >= 0.3 is 21.1 Å². The lowest BCUT2D eigenvalue weighted by molar-refractivity contribution is -0.152. The van der Waals surface area contributed by atoms with E-state index in [9.17, 15) is 17.6 Å². The summed E-state index contributed by atoms with van der Waals surface area (Å²) in [7, 11) is -5.18. The number of fused-ring (bicyclic) bond motifs is 1. The van der Waals surface area contributed by atoms with E-state index in [0.717, 1.165) is 23.3 Å². The molecule has 0 radical (unpaired) electrons. The summed E-state index contributed by atoms with van der Waals surface area (Å²) in [6.07, 6.45) is -0.419. The maximum absolute atomic E-state index is 14.1. The summed E-state index contributed by atoms with van der Waals surface area (Å²) in [5.41, 5.74) is 0.892. The van der Waals surface area contributed by atoms with E-state index in [4.69, 9.17) is 9.29 Å². The Bertz CT molecular complexity index is 813. The lowest BCUT2D eigenvalue weighted by atomic mass is 10.0. The van der Waals surface area contributed by atoms with Crippen LogP contribution in [0.4, 0.5) is 4.39 Å². The topological polar surface area (TPSA) is 80.7 Å². The Hall–Kier alpha value is -1.99. The van der Waals surface area contributed by atoms with Crippen molar-refractivity contribution in [3.8, 4) is 0 Å². The van der Waals surface area contributed by atoms with Crippen LogP contribution in [0.25, 0.3) is 10.8 Å². The molecule has 5 nitrogen and oxygen atoms in total. The molecule has 1 atom stereocenters. The first-order valence-electron chi connectivity index (χ1n) is 7.09. The predicted molar refractivity (Wildman–Crippen MR) is 84.3 cm³/mol. The average molecular weight is 340 g/mol. The molecule has 0 aliphatic rings. The number of rotatable bonds is 6. The summed E-state index contributed by atoms with van der Waals surface area (Å²) in [5, 5.41) is -1.43. The Kier molecular flexibility index (Phi) is 5.01. The van der Waals surface area contributed by atoms with Gasteiger partial charge in [0.25, 0.3) is 0 Å². The minimum Gasteiger partial charge on any atom is -0.462 e. The van der Waals surface area contributed by atoms with Crippen LogP contribution in [0.5, 0.6) is 0 Å². The number of benzene rings is 2. The van der Waals surface area contributed by atoms with Crippen LogP contribution in [0.2, 0.25) is 0 Å². The SMILES string of the molecule is CCC(F)(C(=O)OCCc1cccc2ccccc12)S(=O)(=O)O. The highest BCUT2D eigenvalue weighted by molar-refractivity contribution is 7.87. The zero-order chi connectivity index (χ0) is 17.1. The van der Waals surface area contributed by atoms with Gasteiger partial charge in [-0.05, 0) is 16.3 Å². The van der Waals surface area contributed by atoms with Crippen molar-refractivity contribution in [3.05, 3.63) is 48.0 Å². The molecule has 0 aromatic heterocycles. The third-order valence-electron chi connectivity index (χ3n) is 3.65. The summed E-state index contributed by atoms with van der Waals surface area (Å²) in [4.78, 5) is 11.7. The van der Waals surface area contributed by atoms with E-state index in [1.54, 1.807) is 0 Å². The quantitative estimate of drug-likeness (QED) is 0.646. The highest BCUT2D eigenvalue weighted by Crippen LogP contribution is 2.25. The third-order valence-corrected chi connectivity index (χ3v) is 4.93. The number of alkyl halides is 1. The summed E-state index contributed by atoms with van der Waals surface area (Å²) >= 11 is 0. The van der Waals surface area contributed by atoms with Crippen molar-refractivity contribution in [1.82, 2.24) is 0 Å². The maximum atomic E-state index is 14.1. The van der Waals surface area contributed by atoms with E-state index < -0.39 is 27.5 Å². The monoisotopic (exact) mass is 340 g/mol. The first-order valence-corrected chi connectivity index (χ1v) is 8.53. The van der Waals surface area contributed by atoms with E-state index in [1.807, 2.05) is 42.5 Å². The van der Waals surface area contributed by atoms with Crippen molar-refractivity contribution in [1.29, 1.82) is 0 Å². The van der Waals surface area contributed by atoms with Crippen molar-refractivity contribution in [2.75, 3.05) is 6.61 Å². The minimum atomic E-state index is -5.18. The average Bonchev–Trinajstić information content (AvgIpc) is 2.53. The summed E-state index contributed by atoms with van der Waals surface area (Å²) in [5.74, 6) is -1.59. The van der Waals surface area contributed by atoms with Crippen LogP contribution < -0.4 is 0 Å². The highest BCUT2D eigenvalue weighted by atomic mass is 32.2. The molecule has 2 rings (SSSR count). The van der Waals surface area contributed by atoms with Crippen molar-refractivity contribution in [3.63, 3.8) is 0 Å². The molecule has 2 aromatic carbocycles. The van der Waals surface area contributed by atoms with Gasteiger partial charge in [0.05, 0.1) is 6.61 Å². The number of esters is 1. The molecule has 0 bridgehead atoms. The molecule has 0 amide bonds. The maximum Gasteiger partial charge on any atom is 0.362 e. The van der Waals surface area contributed by atoms with Gasteiger partial charge in [0.1, 0.15) is 0 Å². The van der Waals surface area contributed by atoms with Gasteiger partial charge in [0, 0.05) is 12.8 Å². The molecule has 0 spiro atoms. The second kappa shape index (κ2) is 6.64. The Morgan fingerprint density at radius 2 is 1.87 bits per heavy atom. The van der Waals surface area contributed by atoms with Crippen LogP contribution in [0.15, 0.2) is 42.5 Å². The lowest BCUT2D eigenvalue weighted by Crippen LogP contribution is -2.42. The van der Waals surface area contributed by atoms with Crippen LogP contribution in [-0.4, -0.2) is 30.5 Å². The number of hydrogen-bond acceptors (Lipinski definition) is 4. The van der Waals surface area contributed by atoms with Crippen LogP contribution >= 0.6 is 0 Å². The Balaban J connectivity index is 2.09. The minimum absolute atomic E-state index is 0.186. The molecule has 1 unspecified atom stereocenters. The standard InChI is InChI=1S/C16H17FO5S/c1-2-16(17,23(19,20)21)15(18)22-11-10-13-8-5-7-12-6-3-4-9-14(12)13/h3-9H,2,10-11H2,1H3,(H,19,20,21). The molecule has 0 fully saturated rings. The number of ether oxygens (including phenoxy) is 1. The smallest absolute Gasteiger partial charge is 0.362 e. The molecular formula is C16H17FO5S. The summed E-state index contributed by atoms with van der Waals surface area (Å²) in [6.45, 7) is 0.952. The normalized spacial score (nSPS) is 14.4. The predicted octanol–water partition coefficient (Wildman–Crippen LogP) is 2.89. The number of halogens is 1. The second-order valence-corrected chi connectivity index (χ2v) is 6.68. The summed E-state index contributed by atoms with van der Waals surface area (Å²) in [6, 6.07) is 13.3. The van der Waals surface area contributed by atoms with E-state index in [2.05, 4.69) is 0 Å². The molecule has 1 N–H and O–H groups in total. The molecule has 124 valence electrons. The molecule has 0 heterocycles. The molecular weight excluding hydrogens is 323 g/mol. The zero-order valence-electron chi connectivity index (χ0n) is 12.5. The molecule has 0 aliphatic carbocycles. The summed E-state index contributed by atoms with van der Waals surface area (Å²) < 4.78 is 49.7. The lowest BCUT2D eigenvalue weighted by Gasteiger charge is -2.18. The molecule has 0 saturated heterocycles. The van der Waals surface area contributed by atoms with Gasteiger partial charge in [0.2, 0.25) is 0 Å². The zero-order valence-corrected chi connectivity index (χ0v) is 13.3. The van der Waals surface area contributed by atoms with E-state index >= 15 is 0 Å². The fourth-order valence-electron chi connectivity index (χ4n) is 2.30. The van der Waals surface area contributed by atoms with Crippen LogP contribution in [0.3, 0.4) is 0 Å². The van der Waals surface area contributed by atoms with Gasteiger partial charge in [0.15, 0.2) is 0 Å². The number of carbonyl (C=O) groups is 1. The molecule has 7 heteroatoms. The molecule has 2 aromatic rings. The number of hydrogen-bond donors (Lipinski definition) is 1. The second-order valence-electron chi connectivity index (χ2n) is 5.08. The van der Waals surface area contributed by atoms with Gasteiger partial charge in [-0.15, -0.1) is 0 Å². The van der Waals surface area contributed by atoms with Gasteiger partial charge in [-0.1, -0.05) is 49.4 Å². The van der Waals surface area contributed by atoms with Crippen LogP contribution in [0, 0.1) is 0 Å². The number of carbonyl (C=O) groups excluding carboxylic acids is 1. The van der Waals surface area contributed by atoms with Gasteiger partial charge in [-0.25, -0.2) is 9.18 Å². The van der Waals surface area contributed by atoms with Gasteiger partial charge in [-0.3, -0.25) is 4.55 Å².